The first-order valence-electron chi connectivity index (χ1n) is 16.3. The maximum atomic E-state index is 12.9. The lowest BCUT2D eigenvalue weighted by Crippen LogP contribution is -2.51. The first kappa shape index (κ1) is 34.5. The van der Waals surface area contributed by atoms with Crippen molar-refractivity contribution in [3.05, 3.63) is 105 Å². The molecule has 2 saturated heterocycles. The molecule has 2 fully saturated rings. The standard InChI is InChI=1S/C30H34N4O6.C7H7Cl/c1-2-39-22-10-11-26-23(17-22)25(35)18-27(40-26)30(38)31-19-29(37)33-15-13-32(14-16-33)24-8-4-3-7-21(24)20-34-12-6-5-9-28(34)36;1-6-2-4-7(8)5-3-6/h3-4,7-8,10-11,17-18H,2,5-6,9,12-16,19-20H2,1H3,(H,31,38);2-5H,1H3. The Bertz CT molecular complexity index is 1780. The molecule has 2 aliphatic heterocycles. The van der Waals surface area contributed by atoms with Crippen molar-refractivity contribution in [1.29, 1.82) is 0 Å². The largest absolute Gasteiger partial charge is 0.494 e. The van der Waals surface area contributed by atoms with Gasteiger partial charge in [0.1, 0.15) is 11.3 Å². The van der Waals surface area contributed by atoms with Crippen LogP contribution in [0.3, 0.4) is 0 Å². The number of piperazine rings is 1. The predicted octanol–water partition coefficient (Wildman–Crippen LogP) is 5.43. The van der Waals surface area contributed by atoms with Crippen molar-refractivity contribution in [2.45, 2.75) is 39.7 Å². The zero-order valence-electron chi connectivity index (χ0n) is 27.4. The molecule has 6 rings (SSSR count). The summed E-state index contributed by atoms with van der Waals surface area (Å²) in [7, 11) is 0. The van der Waals surface area contributed by atoms with Gasteiger partial charge in [0.2, 0.25) is 11.8 Å². The van der Waals surface area contributed by atoms with E-state index in [1.165, 1.54) is 5.56 Å². The highest BCUT2D eigenvalue weighted by Gasteiger charge is 2.25. The lowest BCUT2D eigenvalue weighted by Gasteiger charge is -2.37. The number of aryl methyl sites for hydroxylation is 1. The molecule has 0 spiro atoms. The highest BCUT2D eigenvalue weighted by molar-refractivity contribution is 6.30. The number of benzene rings is 3. The number of fused-ring (bicyclic) bond motifs is 1. The van der Waals surface area contributed by atoms with Crippen LogP contribution < -0.4 is 20.4 Å². The fourth-order valence-electron chi connectivity index (χ4n) is 5.78. The Morgan fingerprint density at radius 1 is 0.917 bits per heavy atom. The average Bonchev–Trinajstić information content (AvgIpc) is 3.10. The Morgan fingerprint density at radius 2 is 1.67 bits per heavy atom. The molecule has 0 aliphatic carbocycles. The topological polar surface area (TPSA) is 112 Å². The quantitative estimate of drug-likeness (QED) is 0.266. The zero-order chi connectivity index (χ0) is 34.0. The lowest BCUT2D eigenvalue weighted by molar-refractivity contribution is -0.134. The van der Waals surface area contributed by atoms with Crippen LogP contribution in [0.25, 0.3) is 11.0 Å². The number of para-hydroxylation sites is 1. The highest BCUT2D eigenvalue weighted by Crippen LogP contribution is 2.25. The van der Waals surface area contributed by atoms with Crippen LogP contribution in [0.5, 0.6) is 5.75 Å². The Hall–Kier alpha value is -4.83. The Morgan fingerprint density at radius 3 is 2.38 bits per heavy atom. The Balaban J connectivity index is 0.000000494. The monoisotopic (exact) mass is 672 g/mol. The molecule has 10 nitrogen and oxygen atoms in total. The number of piperidine rings is 1. The van der Waals surface area contributed by atoms with Crippen molar-refractivity contribution in [3.63, 3.8) is 0 Å². The fraction of sp³-hybridized carbons (Fsp3) is 0.351. The molecule has 0 unspecified atom stereocenters. The fourth-order valence-corrected chi connectivity index (χ4v) is 5.90. The van der Waals surface area contributed by atoms with Crippen LogP contribution in [-0.4, -0.2) is 73.4 Å². The van der Waals surface area contributed by atoms with Crippen LogP contribution in [0.15, 0.2) is 82.0 Å². The summed E-state index contributed by atoms with van der Waals surface area (Å²) in [5.74, 6) is -0.225. The molecule has 48 heavy (non-hydrogen) atoms. The number of anilines is 1. The van der Waals surface area contributed by atoms with Gasteiger partial charge in [0.25, 0.3) is 5.91 Å². The van der Waals surface area contributed by atoms with Gasteiger partial charge in [-0.15, -0.1) is 0 Å². The van der Waals surface area contributed by atoms with Gasteiger partial charge in [-0.05, 0) is 68.7 Å². The number of amides is 3. The molecular weight excluding hydrogens is 632 g/mol. The third-order valence-electron chi connectivity index (χ3n) is 8.39. The summed E-state index contributed by atoms with van der Waals surface area (Å²) in [4.78, 5) is 56.3. The smallest absolute Gasteiger partial charge is 0.287 e. The van der Waals surface area contributed by atoms with Gasteiger partial charge in [0.15, 0.2) is 11.2 Å². The van der Waals surface area contributed by atoms with Gasteiger partial charge in [-0.2, -0.15) is 0 Å². The molecule has 1 aromatic heterocycles. The minimum absolute atomic E-state index is 0.150. The summed E-state index contributed by atoms with van der Waals surface area (Å²) < 4.78 is 11.0. The molecule has 11 heteroatoms. The molecule has 3 amide bonds. The SMILES string of the molecule is CCOc1ccc2oc(C(=O)NCC(=O)N3CCN(c4ccccc4CN4CCCCC4=O)CC3)cc(=O)c2c1.Cc1ccc(Cl)cc1. The summed E-state index contributed by atoms with van der Waals surface area (Å²) in [6, 6.07) is 21.8. The average molecular weight is 673 g/mol. The van der Waals surface area contributed by atoms with E-state index >= 15 is 0 Å². The maximum absolute atomic E-state index is 12.9. The number of carbonyl (C=O) groups excluding carboxylic acids is 3. The second-order valence-corrected chi connectivity index (χ2v) is 12.2. The van der Waals surface area contributed by atoms with Gasteiger partial charge in [0, 0.05) is 62.5 Å². The third-order valence-corrected chi connectivity index (χ3v) is 8.64. The first-order chi connectivity index (χ1) is 23.2. The van der Waals surface area contributed by atoms with E-state index in [-0.39, 0.29) is 35.1 Å². The van der Waals surface area contributed by atoms with Crippen molar-refractivity contribution in [3.8, 4) is 5.75 Å². The van der Waals surface area contributed by atoms with Crippen molar-refractivity contribution < 1.29 is 23.5 Å². The number of nitrogens with zero attached hydrogens (tertiary/aromatic N) is 3. The highest BCUT2D eigenvalue weighted by atomic mass is 35.5. The van der Waals surface area contributed by atoms with E-state index in [4.69, 9.17) is 20.8 Å². The minimum Gasteiger partial charge on any atom is -0.494 e. The molecule has 0 radical (unpaired) electrons. The van der Waals surface area contributed by atoms with Gasteiger partial charge in [-0.25, -0.2) is 0 Å². The zero-order valence-corrected chi connectivity index (χ0v) is 28.1. The van der Waals surface area contributed by atoms with Crippen LogP contribution >= 0.6 is 11.6 Å². The molecule has 0 bridgehead atoms. The van der Waals surface area contributed by atoms with E-state index in [1.807, 2.05) is 55.1 Å². The molecule has 4 aromatic rings. The van der Waals surface area contributed by atoms with E-state index in [0.717, 1.165) is 41.7 Å². The van der Waals surface area contributed by atoms with Crippen LogP contribution in [-0.2, 0) is 16.1 Å². The summed E-state index contributed by atoms with van der Waals surface area (Å²) in [5, 5.41) is 3.70. The van der Waals surface area contributed by atoms with E-state index in [2.05, 4.69) is 22.3 Å². The van der Waals surface area contributed by atoms with Crippen LogP contribution in [0.4, 0.5) is 5.69 Å². The van der Waals surface area contributed by atoms with E-state index in [9.17, 15) is 19.2 Å². The van der Waals surface area contributed by atoms with Crippen molar-refractivity contribution >= 4 is 46.0 Å². The number of likely N-dealkylation sites (tertiary alicyclic amines) is 1. The van der Waals surface area contributed by atoms with Gasteiger partial charge >= 0.3 is 0 Å². The first-order valence-corrected chi connectivity index (χ1v) is 16.7. The van der Waals surface area contributed by atoms with Gasteiger partial charge < -0.3 is 29.2 Å². The molecule has 0 atom stereocenters. The Kier molecular flexibility index (Phi) is 11.7. The molecule has 252 valence electrons. The molecule has 2 aliphatic rings. The summed E-state index contributed by atoms with van der Waals surface area (Å²) in [6.07, 6.45) is 2.61. The predicted molar refractivity (Wildman–Crippen MR) is 187 cm³/mol. The number of halogens is 1. The van der Waals surface area contributed by atoms with Crippen LogP contribution in [0.2, 0.25) is 5.02 Å². The molecule has 0 saturated carbocycles. The number of rotatable bonds is 8. The van der Waals surface area contributed by atoms with Crippen molar-refractivity contribution in [2.75, 3.05) is 50.8 Å². The van der Waals surface area contributed by atoms with Gasteiger partial charge in [0.05, 0.1) is 18.5 Å². The summed E-state index contributed by atoms with van der Waals surface area (Å²) >= 11 is 5.61. The van der Waals surface area contributed by atoms with Crippen LogP contribution in [0, 0.1) is 6.92 Å². The number of carbonyl (C=O) groups is 3. The molecule has 3 aromatic carbocycles. The van der Waals surface area contributed by atoms with Gasteiger partial charge in [-0.1, -0.05) is 47.5 Å². The molecule has 1 N–H and O–H groups in total. The maximum Gasteiger partial charge on any atom is 0.287 e. The summed E-state index contributed by atoms with van der Waals surface area (Å²) in [6.45, 7) is 7.86. The second-order valence-electron chi connectivity index (χ2n) is 11.8. The number of hydrogen-bond donors (Lipinski definition) is 1. The van der Waals surface area contributed by atoms with Crippen molar-refractivity contribution in [2.24, 2.45) is 0 Å². The molecular formula is C37H41ClN4O6. The lowest BCUT2D eigenvalue weighted by atomic mass is 10.1. The number of hydrogen-bond acceptors (Lipinski definition) is 7. The molecule has 3 heterocycles. The van der Waals surface area contributed by atoms with Crippen LogP contribution in [0.1, 0.15) is 47.9 Å². The number of ether oxygens (including phenoxy) is 1. The van der Waals surface area contributed by atoms with E-state index in [0.29, 0.717) is 56.9 Å². The van der Waals surface area contributed by atoms with E-state index in [1.54, 1.807) is 23.1 Å². The Labute approximate surface area is 285 Å². The van der Waals surface area contributed by atoms with E-state index < -0.39 is 5.91 Å². The summed E-state index contributed by atoms with van der Waals surface area (Å²) in [5.41, 5.74) is 3.35. The third kappa shape index (κ3) is 8.95. The minimum atomic E-state index is -0.624. The normalized spacial score (nSPS) is 14.7. The number of nitrogens with one attached hydrogen (secondary N) is 1. The van der Waals surface area contributed by atoms with Gasteiger partial charge in [-0.3, -0.25) is 19.2 Å². The van der Waals surface area contributed by atoms with Crippen molar-refractivity contribution in [1.82, 2.24) is 15.1 Å². The second kappa shape index (κ2) is 16.3.